The highest BCUT2D eigenvalue weighted by molar-refractivity contribution is 5.14. The summed E-state index contributed by atoms with van der Waals surface area (Å²) in [6.07, 6.45) is 6.62. The molecule has 0 radical (unpaired) electrons. The van der Waals surface area contributed by atoms with Gasteiger partial charge in [-0.15, -0.1) is 0 Å². The van der Waals surface area contributed by atoms with Crippen LogP contribution in [0.15, 0.2) is 54.9 Å². The van der Waals surface area contributed by atoms with Crippen LogP contribution in [0.3, 0.4) is 0 Å². The van der Waals surface area contributed by atoms with Crippen LogP contribution in [0, 0.1) is 0 Å². The van der Waals surface area contributed by atoms with Crippen LogP contribution in [0.4, 0.5) is 0 Å². The fourth-order valence-corrected chi connectivity index (χ4v) is 1.81. The largest absolute Gasteiger partial charge is 0.352 e. The molecule has 1 aromatic heterocycles. The van der Waals surface area contributed by atoms with Crippen LogP contribution in [0.5, 0.6) is 0 Å². The molecule has 2 aromatic rings. The first-order valence-electron chi connectivity index (χ1n) is 5.52. The predicted molar refractivity (Wildman–Crippen MR) is 63.9 cm³/mol. The normalized spacial score (nSPS) is 12.6. The van der Waals surface area contributed by atoms with Crippen LogP contribution in [0.25, 0.3) is 0 Å². The van der Waals surface area contributed by atoms with Crippen molar-refractivity contribution in [1.82, 2.24) is 4.57 Å². The predicted octanol–water partition coefficient (Wildman–Crippen LogP) is 3.68. The highest BCUT2D eigenvalue weighted by Gasteiger charge is 2.02. The average molecular weight is 199 g/mol. The molecule has 0 bridgehead atoms. The van der Waals surface area contributed by atoms with Gasteiger partial charge in [-0.25, -0.2) is 0 Å². The van der Waals surface area contributed by atoms with E-state index >= 15 is 0 Å². The van der Waals surface area contributed by atoms with Crippen LogP contribution in [-0.2, 0) is 6.42 Å². The van der Waals surface area contributed by atoms with Gasteiger partial charge in [-0.1, -0.05) is 30.3 Å². The van der Waals surface area contributed by atoms with Crippen LogP contribution < -0.4 is 0 Å². The Labute approximate surface area is 91.4 Å². The number of aromatic nitrogens is 1. The van der Waals surface area contributed by atoms with E-state index < -0.39 is 0 Å². The topological polar surface area (TPSA) is 4.93 Å². The molecule has 0 aliphatic heterocycles. The molecule has 1 heterocycles. The Morgan fingerprint density at radius 3 is 2.33 bits per heavy atom. The van der Waals surface area contributed by atoms with E-state index in [0.29, 0.717) is 6.04 Å². The maximum Gasteiger partial charge on any atom is 0.0305 e. The first-order chi connectivity index (χ1) is 7.36. The molecule has 0 N–H and O–H groups in total. The van der Waals surface area contributed by atoms with Crippen molar-refractivity contribution in [1.29, 1.82) is 0 Å². The molecule has 1 aromatic carbocycles. The number of benzene rings is 1. The van der Waals surface area contributed by atoms with E-state index in [1.54, 1.807) is 0 Å². The van der Waals surface area contributed by atoms with Crippen molar-refractivity contribution in [3.63, 3.8) is 0 Å². The first-order valence-corrected chi connectivity index (χ1v) is 5.52. The van der Waals surface area contributed by atoms with Crippen molar-refractivity contribution in [2.45, 2.75) is 25.8 Å². The molecule has 78 valence electrons. The highest BCUT2D eigenvalue weighted by Crippen LogP contribution is 2.14. The van der Waals surface area contributed by atoms with Gasteiger partial charge < -0.3 is 4.57 Å². The molecule has 0 aliphatic carbocycles. The van der Waals surface area contributed by atoms with Gasteiger partial charge in [0.25, 0.3) is 0 Å². The summed E-state index contributed by atoms with van der Waals surface area (Å²) >= 11 is 0. The molecule has 1 nitrogen and oxygen atoms in total. The standard InChI is InChI=1S/C14H17N/c1-13(15-11-5-6-12-15)9-10-14-7-3-2-4-8-14/h2-8,11-13H,9-10H2,1H3. The Morgan fingerprint density at radius 1 is 1.00 bits per heavy atom. The first kappa shape index (κ1) is 10.0. The Morgan fingerprint density at radius 2 is 1.67 bits per heavy atom. The molecule has 0 fully saturated rings. The lowest BCUT2D eigenvalue weighted by molar-refractivity contribution is 0.509. The SMILES string of the molecule is CC(CCc1ccccc1)n1cccc1. The van der Waals surface area contributed by atoms with E-state index in [0.717, 1.165) is 6.42 Å². The van der Waals surface area contributed by atoms with E-state index in [9.17, 15) is 0 Å². The van der Waals surface area contributed by atoms with Gasteiger partial charge >= 0.3 is 0 Å². The molecule has 1 unspecified atom stereocenters. The minimum atomic E-state index is 0.584. The summed E-state index contributed by atoms with van der Waals surface area (Å²) in [6.45, 7) is 2.27. The van der Waals surface area contributed by atoms with E-state index in [1.807, 2.05) is 0 Å². The van der Waals surface area contributed by atoms with E-state index in [-0.39, 0.29) is 0 Å². The smallest absolute Gasteiger partial charge is 0.0305 e. The Hall–Kier alpha value is -1.50. The van der Waals surface area contributed by atoms with Gasteiger partial charge in [0.2, 0.25) is 0 Å². The zero-order chi connectivity index (χ0) is 10.5. The van der Waals surface area contributed by atoms with Crippen LogP contribution >= 0.6 is 0 Å². The highest BCUT2D eigenvalue weighted by atomic mass is 15.0. The second-order valence-corrected chi connectivity index (χ2v) is 4.00. The number of nitrogens with zero attached hydrogens (tertiary/aromatic N) is 1. The lowest BCUT2D eigenvalue weighted by Gasteiger charge is -2.13. The van der Waals surface area contributed by atoms with Gasteiger partial charge in [0, 0.05) is 18.4 Å². The van der Waals surface area contributed by atoms with Crippen molar-refractivity contribution in [3.05, 3.63) is 60.4 Å². The Balaban J connectivity index is 1.89. The van der Waals surface area contributed by atoms with Gasteiger partial charge in [-0.05, 0) is 37.5 Å². The molecular weight excluding hydrogens is 182 g/mol. The van der Waals surface area contributed by atoms with Gasteiger partial charge in [0.15, 0.2) is 0 Å². The zero-order valence-electron chi connectivity index (χ0n) is 9.13. The van der Waals surface area contributed by atoms with Crippen molar-refractivity contribution in [3.8, 4) is 0 Å². The zero-order valence-corrected chi connectivity index (χ0v) is 9.13. The molecule has 0 saturated heterocycles. The average Bonchev–Trinajstić information content (AvgIpc) is 2.81. The fraction of sp³-hybridized carbons (Fsp3) is 0.286. The minimum absolute atomic E-state index is 0.584. The molecule has 1 atom stereocenters. The summed E-state index contributed by atoms with van der Waals surface area (Å²) in [7, 11) is 0. The summed E-state index contributed by atoms with van der Waals surface area (Å²) in [5.74, 6) is 0. The van der Waals surface area contributed by atoms with Crippen molar-refractivity contribution in [2.75, 3.05) is 0 Å². The Kier molecular flexibility index (Phi) is 3.23. The van der Waals surface area contributed by atoms with E-state index in [2.05, 4.69) is 66.3 Å². The van der Waals surface area contributed by atoms with Gasteiger partial charge in [-0.2, -0.15) is 0 Å². The summed E-state index contributed by atoms with van der Waals surface area (Å²) in [5, 5.41) is 0. The maximum absolute atomic E-state index is 2.27. The third-order valence-corrected chi connectivity index (χ3v) is 2.83. The van der Waals surface area contributed by atoms with Gasteiger partial charge in [-0.3, -0.25) is 0 Å². The van der Waals surface area contributed by atoms with Gasteiger partial charge in [0.1, 0.15) is 0 Å². The molecule has 0 amide bonds. The second-order valence-electron chi connectivity index (χ2n) is 4.00. The minimum Gasteiger partial charge on any atom is -0.352 e. The van der Waals surface area contributed by atoms with Gasteiger partial charge in [0.05, 0.1) is 0 Å². The fourth-order valence-electron chi connectivity index (χ4n) is 1.81. The summed E-state index contributed by atoms with van der Waals surface area (Å²) in [5.41, 5.74) is 1.43. The quantitative estimate of drug-likeness (QED) is 0.708. The monoisotopic (exact) mass is 199 g/mol. The lowest BCUT2D eigenvalue weighted by Crippen LogP contribution is -2.03. The number of rotatable bonds is 4. The Bertz CT molecular complexity index is 375. The summed E-state index contributed by atoms with van der Waals surface area (Å²) in [6, 6.07) is 15.4. The maximum atomic E-state index is 2.27. The van der Waals surface area contributed by atoms with Crippen molar-refractivity contribution in [2.24, 2.45) is 0 Å². The third kappa shape index (κ3) is 2.72. The molecule has 0 saturated carbocycles. The molecule has 0 spiro atoms. The van der Waals surface area contributed by atoms with E-state index in [4.69, 9.17) is 0 Å². The lowest BCUT2D eigenvalue weighted by atomic mass is 10.1. The molecular formula is C14H17N. The van der Waals surface area contributed by atoms with Crippen LogP contribution in [0.1, 0.15) is 24.9 Å². The summed E-state index contributed by atoms with van der Waals surface area (Å²) in [4.78, 5) is 0. The number of hydrogen-bond acceptors (Lipinski definition) is 0. The van der Waals surface area contributed by atoms with E-state index in [1.165, 1.54) is 12.0 Å². The molecule has 1 heteroatoms. The van der Waals surface area contributed by atoms with Crippen molar-refractivity contribution < 1.29 is 0 Å². The molecule has 0 aliphatic rings. The van der Waals surface area contributed by atoms with Crippen LogP contribution in [0.2, 0.25) is 0 Å². The number of hydrogen-bond donors (Lipinski definition) is 0. The molecule has 15 heavy (non-hydrogen) atoms. The number of aryl methyl sites for hydroxylation is 1. The second kappa shape index (κ2) is 4.83. The molecule has 2 rings (SSSR count). The van der Waals surface area contributed by atoms with Crippen LogP contribution in [-0.4, -0.2) is 4.57 Å². The van der Waals surface area contributed by atoms with Crippen molar-refractivity contribution >= 4 is 0 Å². The summed E-state index contributed by atoms with van der Waals surface area (Å²) < 4.78 is 2.27. The third-order valence-electron chi connectivity index (χ3n) is 2.83.